The minimum absolute atomic E-state index is 1.10. The van der Waals surface area contributed by atoms with E-state index in [-0.39, 0.29) is 0 Å². The van der Waals surface area contributed by atoms with Gasteiger partial charge >= 0.3 is 0 Å². The molecule has 3 rings (SSSR count). The van der Waals surface area contributed by atoms with Crippen LogP contribution >= 0.6 is 15.9 Å². The van der Waals surface area contributed by atoms with Gasteiger partial charge in [0.1, 0.15) is 0 Å². The average Bonchev–Trinajstić information content (AvgIpc) is 2.90. The van der Waals surface area contributed by atoms with Crippen LogP contribution in [-0.2, 0) is 0 Å². The molecular formula is C17H14BrN. The van der Waals surface area contributed by atoms with E-state index in [2.05, 4.69) is 94.3 Å². The van der Waals surface area contributed by atoms with Crippen molar-refractivity contribution in [3.05, 3.63) is 76.9 Å². The first-order chi connectivity index (χ1) is 9.24. The third-order valence-corrected chi connectivity index (χ3v) is 3.73. The van der Waals surface area contributed by atoms with E-state index < -0.39 is 0 Å². The normalized spacial score (nSPS) is 10.6. The van der Waals surface area contributed by atoms with Gasteiger partial charge in [0.15, 0.2) is 0 Å². The molecule has 0 aliphatic carbocycles. The van der Waals surface area contributed by atoms with Gasteiger partial charge in [-0.05, 0) is 48.9 Å². The van der Waals surface area contributed by atoms with Crippen molar-refractivity contribution in [1.29, 1.82) is 0 Å². The van der Waals surface area contributed by atoms with E-state index in [9.17, 15) is 0 Å². The molecule has 0 unspecified atom stereocenters. The maximum atomic E-state index is 3.47. The number of benzene rings is 2. The number of nitrogens with zero attached hydrogens (tertiary/aromatic N) is 1. The molecule has 0 radical (unpaired) electrons. The first-order valence-corrected chi connectivity index (χ1v) is 7.04. The van der Waals surface area contributed by atoms with Crippen molar-refractivity contribution < 1.29 is 0 Å². The molecule has 0 saturated carbocycles. The predicted molar refractivity (Wildman–Crippen MR) is 83.6 cm³/mol. The quantitative estimate of drug-likeness (QED) is 0.612. The fourth-order valence-corrected chi connectivity index (χ4v) is 2.43. The Balaban J connectivity index is 2.07. The highest BCUT2D eigenvalue weighted by Gasteiger charge is 2.05. The predicted octanol–water partition coefficient (Wildman–Crippen LogP) is 5.22. The molecule has 0 aliphatic rings. The molecule has 1 heterocycles. The smallest absolute Gasteiger partial charge is 0.0528 e. The lowest BCUT2D eigenvalue weighted by molar-refractivity contribution is 1.08. The standard InChI is InChI=1S/C17H14BrN/c1-13-4-10-16(11-5-13)19-12-2-3-17(19)14-6-8-15(18)9-7-14/h2-12H,1H3. The van der Waals surface area contributed by atoms with Crippen LogP contribution in [0.4, 0.5) is 0 Å². The first-order valence-electron chi connectivity index (χ1n) is 6.24. The van der Waals surface area contributed by atoms with Crippen molar-refractivity contribution in [2.75, 3.05) is 0 Å². The van der Waals surface area contributed by atoms with Crippen molar-refractivity contribution in [2.24, 2.45) is 0 Å². The van der Waals surface area contributed by atoms with Gasteiger partial charge in [-0.1, -0.05) is 45.8 Å². The molecule has 0 aliphatic heterocycles. The highest BCUT2D eigenvalue weighted by atomic mass is 79.9. The van der Waals surface area contributed by atoms with Gasteiger partial charge in [0.05, 0.1) is 5.69 Å². The number of aromatic nitrogens is 1. The Morgan fingerprint density at radius 1 is 0.842 bits per heavy atom. The molecule has 0 fully saturated rings. The van der Waals surface area contributed by atoms with Crippen LogP contribution in [0.15, 0.2) is 71.3 Å². The van der Waals surface area contributed by atoms with Crippen LogP contribution in [0.25, 0.3) is 16.9 Å². The molecule has 0 N–H and O–H groups in total. The number of hydrogen-bond acceptors (Lipinski definition) is 0. The molecule has 0 amide bonds. The van der Waals surface area contributed by atoms with Crippen LogP contribution in [0.5, 0.6) is 0 Å². The molecule has 2 aromatic carbocycles. The van der Waals surface area contributed by atoms with Crippen molar-refractivity contribution in [3.63, 3.8) is 0 Å². The molecule has 3 aromatic rings. The summed E-state index contributed by atoms with van der Waals surface area (Å²) in [6.07, 6.45) is 2.10. The molecule has 0 saturated heterocycles. The average molecular weight is 312 g/mol. The first kappa shape index (κ1) is 12.2. The molecule has 0 atom stereocenters. The lowest BCUT2D eigenvalue weighted by Crippen LogP contribution is -1.94. The number of hydrogen-bond donors (Lipinski definition) is 0. The summed E-state index contributed by atoms with van der Waals surface area (Å²) >= 11 is 3.47. The van der Waals surface area contributed by atoms with Crippen LogP contribution < -0.4 is 0 Å². The molecule has 94 valence electrons. The summed E-state index contributed by atoms with van der Waals surface area (Å²) in [5.41, 5.74) is 4.89. The van der Waals surface area contributed by atoms with Gasteiger partial charge in [-0.3, -0.25) is 0 Å². The van der Waals surface area contributed by atoms with Crippen LogP contribution in [0.3, 0.4) is 0 Å². The van der Waals surface area contributed by atoms with Crippen molar-refractivity contribution in [3.8, 4) is 16.9 Å². The third kappa shape index (κ3) is 2.49. The summed E-state index contributed by atoms with van der Waals surface area (Å²) in [5, 5.41) is 0. The lowest BCUT2D eigenvalue weighted by atomic mass is 10.1. The van der Waals surface area contributed by atoms with Crippen LogP contribution in [0, 0.1) is 6.92 Å². The Kier molecular flexibility index (Phi) is 3.26. The van der Waals surface area contributed by atoms with Gasteiger partial charge in [0.25, 0.3) is 0 Å². The molecule has 19 heavy (non-hydrogen) atoms. The molecular weight excluding hydrogens is 298 g/mol. The second-order valence-electron chi connectivity index (χ2n) is 4.61. The Morgan fingerprint density at radius 3 is 2.21 bits per heavy atom. The second kappa shape index (κ2) is 5.06. The molecule has 2 heteroatoms. The molecule has 1 nitrogen and oxygen atoms in total. The van der Waals surface area contributed by atoms with Gasteiger partial charge < -0.3 is 4.57 Å². The topological polar surface area (TPSA) is 4.93 Å². The van der Waals surface area contributed by atoms with Crippen molar-refractivity contribution in [2.45, 2.75) is 6.92 Å². The minimum Gasteiger partial charge on any atom is -0.317 e. The third-order valence-electron chi connectivity index (χ3n) is 3.20. The fraction of sp³-hybridized carbons (Fsp3) is 0.0588. The van der Waals surface area contributed by atoms with E-state index in [1.54, 1.807) is 0 Å². The van der Waals surface area contributed by atoms with Crippen molar-refractivity contribution in [1.82, 2.24) is 4.57 Å². The van der Waals surface area contributed by atoms with Crippen molar-refractivity contribution >= 4 is 15.9 Å². The zero-order chi connectivity index (χ0) is 13.2. The molecule has 0 bridgehead atoms. The minimum atomic E-state index is 1.10. The molecule has 1 aromatic heterocycles. The van der Waals surface area contributed by atoms with E-state index in [4.69, 9.17) is 0 Å². The molecule has 0 spiro atoms. The maximum absolute atomic E-state index is 3.47. The second-order valence-corrected chi connectivity index (χ2v) is 5.52. The lowest BCUT2D eigenvalue weighted by Gasteiger charge is -2.10. The van der Waals surface area contributed by atoms with E-state index in [1.165, 1.54) is 22.5 Å². The SMILES string of the molecule is Cc1ccc(-n2cccc2-c2ccc(Br)cc2)cc1. The zero-order valence-electron chi connectivity index (χ0n) is 10.7. The maximum Gasteiger partial charge on any atom is 0.0528 e. The summed E-state index contributed by atoms with van der Waals surface area (Å²) in [5.74, 6) is 0. The van der Waals surface area contributed by atoms with E-state index in [0.29, 0.717) is 0 Å². The number of halogens is 1. The van der Waals surface area contributed by atoms with Gasteiger partial charge in [-0.25, -0.2) is 0 Å². The highest BCUT2D eigenvalue weighted by Crippen LogP contribution is 2.25. The number of rotatable bonds is 2. The monoisotopic (exact) mass is 311 g/mol. The largest absolute Gasteiger partial charge is 0.317 e. The van der Waals surface area contributed by atoms with E-state index >= 15 is 0 Å². The Hall–Kier alpha value is -1.80. The fourth-order valence-electron chi connectivity index (χ4n) is 2.17. The summed E-state index contributed by atoms with van der Waals surface area (Å²) in [6.45, 7) is 2.11. The Bertz CT molecular complexity index is 618. The zero-order valence-corrected chi connectivity index (χ0v) is 12.3. The Morgan fingerprint density at radius 2 is 1.53 bits per heavy atom. The van der Waals surface area contributed by atoms with Crippen LogP contribution in [0.1, 0.15) is 5.56 Å². The van der Waals surface area contributed by atoms with Gasteiger partial charge in [-0.15, -0.1) is 0 Å². The van der Waals surface area contributed by atoms with E-state index in [1.807, 2.05) is 0 Å². The Labute approximate surface area is 121 Å². The summed E-state index contributed by atoms with van der Waals surface area (Å²) < 4.78 is 3.31. The summed E-state index contributed by atoms with van der Waals surface area (Å²) in [4.78, 5) is 0. The number of aryl methyl sites for hydroxylation is 1. The van der Waals surface area contributed by atoms with Crippen LogP contribution in [0.2, 0.25) is 0 Å². The van der Waals surface area contributed by atoms with Gasteiger partial charge in [-0.2, -0.15) is 0 Å². The summed E-state index contributed by atoms with van der Waals surface area (Å²) in [7, 11) is 0. The van der Waals surface area contributed by atoms with Gasteiger partial charge in [0, 0.05) is 16.4 Å². The van der Waals surface area contributed by atoms with Gasteiger partial charge in [0.2, 0.25) is 0 Å². The van der Waals surface area contributed by atoms with Crippen LogP contribution in [-0.4, -0.2) is 4.57 Å². The van der Waals surface area contributed by atoms with E-state index in [0.717, 1.165) is 4.47 Å². The highest BCUT2D eigenvalue weighted by molar-refractivity contribution is 9.10. The summed E-state index contributed by atoms with van der Waals surface area (Å²) in [6, 6.07) is 21.2.